The van der Waals surface area contributed by atoms with E-state index in [1.54, 1.807) is 0 Å². The molecule has 0 aromatic heterocycles. The van der Waals surface area contributed by atoms with Crippen molar-refractivity contribution in [2.45, 2.75) is 51.8 Å². The number of amides is 1. The van der Waals surface area contributed by atoms with E-state index in [1.165, 1.54) is 0 Å². The van der Waals surface area contributed by atoms with E-state index < -0.39 is 0 Å². The smallest absolute Gasteiger partial charge is 0.246 e. The van der Waals surface area contributed by atoms with Crippen molar-refractivity contribution in [3.63, 3.8) is 0 Å². The van der Waals surface area contributed by atoms with Crippen molar-refractivity contribution in [1.82, 2.24) is 10.6 Å². The highest BCUT2D eigenvalue weighted by atomic mass is 16.5. The van der Waals surface area contributed by atoms with Crippen LogP contribution in [0, 0.1) is 0 Å². The highest BCUT2D eigenvalue weighted by molar-refractivity contribution is 5.77. The molecule has 0 spiro atoms. The zero-order chi connectivity index (χ0) is 11.3. The van der Waals surface area contributed by atoms with E-state index in [0.29, 0.717) is 6.04 Å². The van der Waals surface area contributed by atoms with Crippen LogP contribution in [-0.2, 0) is 9.53 Å². The molecule has 1 heterocycles. The first-order chi connectivity index (χ1) is 7.09. The Hall–Kier alpha value is -0.610. The Labute approximate surface area is 91.8 Å². The van der Waals surface area contributed by atoms with Crippen LogP contribution >= 0.6 is 0 Å². The molecule has 2 N–H and O–H groups in total. The maximum Gasteiger partial charge on any atom is 0.246 e. The van der Waals surface area contributed by atoms with E-state index >= 15 is 0 Å². The minimum Gasteiger partial charge on any atom is -0.369 e. The Morgan fingerprint density at radius 2 is 2.33 bits per heavy atom. The first-order valence-corrected chi connectivity index (χ1v) is 5.74. The summed E-state index contributed by atoms with van der Waals surface area (Å²) in [6.45, 7) is 7.18. The van der Waals surface area contributed by atoms with Crippen LogP contribution < -0.4 is 10.6 Å². The van der Waals surface area contributed by atoms with Crippen LogP contribution in [0.1, 0.15) is 33.6 Å². The van der Waals surface area contributed by atoms with Crippen LogP contribution in [0.4, 0.5) is 0 Å². The Morgan fingerprint density at radius 3 is 2.93 bits per heavy atom. The molecule has 1 saturated heterocycles. The van der Waals surface area contributed by atoms with Gasteiger partial charge in [-0.1, -0.05) is 0 Å². The second-order valence-electron chi connectivity index (χ2n) is 4.42. The number of rotatable bonds is 4. The number of carbonyl (C=O) groups is 1. The van der Waals surface area contributed by atoms with E-state index in [4.69, 9.17) is 4.74 Å². The van der Waals surface area contributed by atoms with Gasteiger partial charge in [-0.05, 0) is 40.2 Å². The first-order valence-electron chi connectivity index (χ1n) is 5.74. The summed E-state index contributed by atoms with van der Waals surface area (Å²) in [7, 11) is 0. The molecule has 15 heavy (non-hydrogen) atoms. The molecule has 0 radical (unpaired) electrons. The molecular formula is C11H22N2O2. The maximum absolute atomic E-state index is 11.5. The lowest BCUT2D eigenvalue weighted by Crippen LogP contribution is -2.52. The van der Waals surface area contributed by atoms with Crippen molar-refractivity contribution in [2.75, 3.05) is 13.2 Å². The van der Waals surface area contributed by atoms with Gasteiger partial charge in [-0.2, -0.15) is 0 Å². The lowest BCUT2D eigenvalue weighted by atomic mass is 10.00. The van der Waals surface area contributed by atoms with Gasteiger partial charge in [0.25, 0.3) is 0 Å². The molecule has 0 aliphatic carbocycles. The molecule has 0 aromatic carbocycles. The first kappa shape index (κ1) is 12.5. The second-order valence-corrected chi connectivity index (χ2v) is 4.42. The van der Waals surface area contributed by atoms with Crippen molar-refractivity contribution in [1.29, 1.82) is 0 Å². The molecule has 1 fully saturated rings. The standard InChI is InChI=1S/C11H22N2O2/c1-8(2)15-7-11(14)13-10-5-4-6-12-9(10)3/h8-10,12H,4-7H2,1-3H3,(H,13,14). The van der Waals surface area contributed by atoms with Crippen LogP contribution in [0.5, 0.6) is 0 Å². The lowest BCUT2D eigenvalue weighted by molar-refractivity contribution is -0.128. The van der Waals surface area contributed by atoms with Crippen LogP contribution in [0.25, 0.3) is 0 Å². The van der Waals surface area contributed by atoms with Gasteiger partial charge in [0, 0.05) is 12.1 Å². The summed E-state index contributed by atoms with van der Waals surface area (Å²) in [6, 6.07) is 0.615. The quantitative estimate of drug-likeness (QED) is 0.723. The average molecular weight is 214 g/mol. The summed E-state index contributed by atoms with van der Waals surface area (Å²) in [4.78, 5) is 11.5. The van der Waals surface area contributed by atoms with Gasteiger partial charge in [-0.25, -0.2) is 0 Å². The molecule has 88 valence electrons. The fourth-order valence-electron chi connectivity index (χ4n) is 1.73. The minimum absolute atomic E-state index is 0.00995. The summed E-state index contributed by atoms with van der Waals surface area (Å²) in [5.41, 5.74) is 0. The normalized spacial score (nSPS) is 26.7. The van der Waals surface area contributed by atoms with Gasteiger partial charge in [0.1, 0.15) is 6.61 Å². The predicted octanol–water partition coefficient (Wildman–Crippen LogP) is 0.668. The van der Waals surface area contributed by atoms with Crippen LogP contribution in [0.15, 0.2) is 0 Å². The highest BCUT2D eigenvalue weighted by Crippen LogP contribution is 2.07. The van der Waals surface area contributed by atoms with E-state index in [9.17, 15) is 4.79 Å². The predicted molar refractivity (Wildman–Crippen MR) is 59.7 cm³/mol. The van der Waals surface area contributed by atoms with Crippen LogP contribution in [0.3, 0.4) is 0 Å². The van der Waals surface area contributed by atoms with Gasteiger partial charge >= 0.3 is 0 Å². The largest absolute Gasteiger partial charge is 0.369 e. The number of hydrogen-bond acceptors (Lipinski definition) is 3. The molecule has 0 saturated carbocycles. The zero-order valence-electron chi connectivity index (χ0n) is 9.88. The van der Waals surface area contributed by atoms with E-state index in [0.717, 1.165) is 19.4 Å². The van der Waals surface area contributed by atoms with Crippen molar-refractivity contribution >= 4 is 5.91 Å². The number of hydrogen-bond donors (Lipinski definition) is 2. The van der Waals surface area contributed by atoms with Gasteiger partial charge in [0.15, 0.2) is 0 Å². The number of ether oxygens (including phenoxy) is 1. The molecule has 0 bridgehead atoms. The summed E-state index contributed by atoms with van der Waals surface area (Å²) in [6.07, 6.45) is 2.29. The van der Waals surface area contributed by atoms with Gasteiger partial charge < -0.3 is 15.4 Å². The van der Waals surface area contributed by atoms with Crippen molar-refractivity contribution in [2.24, 2.45) is 0 Å². The average Bonchev–Trinajstić information content (AvgIpc) is 2.18. The van der Waals surface area contributed by atoms with Crippen molar-refractivity contribution in [3.05, 3.63) is 0 Å². The summed E-state index contributed by atoms with van der Waals surface area (Å²) in [5.74, 6) is -0.00995. The molecular weight excluding hydrogens is 192 g/mol. The Morgan fingerprint density at radius 1 is 1.60 bits per heavy atom. The Bertz CT molecular complexity index is 207. The molecule has 4 nitrogen and oxygen atoms in total. The number of piperidine rings is 1. The second kappa shape index (κ2) is 6.08. The summed E-state index contributed by atoms with van der Waals surface area (Å²) < 4.78 is 5.25. The third-order valence-electron chi connectivity index (χ3n) is 2.66. The van der Waals surface area contributed by atoms with E-state index in [-0.39, 0.29) is 24.7 Å². The van der Waals surface area contributed by atoms with Crippen molar-refractivity contribution < 1.29 is 9.53 Å². The van der Waals surface area contributed by atoms with Crippen molar-refractivity contribution in [3.8, 4) is 0 Å². The summed E-state index contributed by atoms with van der Waals surface area (Å²) >= 11 is 0. The van der Waals surface area contributed by atoms with Crippen LogP contribution in [-0.4, -0.2) is 37.2 Å². The number of nitrogens with one attached hydrogen (secondary N) is 2. The fourth-order valence-corrected chi connectivity index (χ4v) is 1.73. The van der Waals surface area contributed by atoms with E-state index in [1.807, 2.05) is 13.8 Å². The third-order valence-corrected chi connectivity index (χ3v) is 2.66. The van der Waals surface area contributed by atoms with Gasteiger partial charge in [0.05, 0.1) is 6.10 Å². The third kappa shape index (κ3) is 4.62. The Balaban J connectivity index is 2.24. The summed E-state index contributed by atoms with van der Waals surface area (Å²) in [5, 5.41) is 6.34. The lowest BCUT2D eigenvalue weighted by Gasteiger charge is -2.30. The molecule has 2 atom stereocenters. The molecule has 2 unspecified atom stereocenters. The minimum atomic E-state index is -0.00995. The molecule has 1 rings (SSSR count). The monoisotopic (exact) mass is 214 g/mol. The topological polar surface area (TPSA) is 50.4 Å². The SMILES string of the molecule is CC(C)OCC(=O)NC1CCCNC1C. The number of carbonyl (C=O) groups excluding carboxylic acids is 1. The molecule has 1 amide bonds. The van der Waals surface area contributed by atoms with E-state index in [2.05, 4.69) is 17.6 Å². The van der Waals surface area contributed by atoms with Gasteiger partial charge in [0.2, 0.25) is 5.91 Å². The molecule has 0 aromatic rings. The maximum atomic E-state index is 11.5. The van der Waals surface area contributed by atoms with Crippen LogP contribution in [0.2, 0.25) is 0 Å². The zero-order valence-corrected chi connectivity index (χ0v) is 9.88. The fraction of sp³-hybridized carbons (Fsp3) is 0.909. The van der Waals surface area contributed by atoms with Gasteiger partial charge in [-0.3, -0.25) is 4.79 Å². The molecule has 1 aliphatic rings. The molecule has 1 aliphatic heterocycles. The molecule has 4 heteroatoms. The highest BCUT2D eigenvalue weighted by Gasteiger charge is 2.22. The van der Waals surface area contributed by atoms with Gasteiger partial charge in [-0.15, -0.1) is 0 Å². The Kier molecular flexibility index (Phi) is 5.05.